The molecule has 1 fully saturated rings. The number of amidine groups is 1. The lowest BCUT2D eigenvalue weighted by Crippen LogP contribution is -2.55. The first-order valence-electron chi connectivity index (χ1n) is 8.95. The van der Waals surface area contributed by atoms with Gasteiger partial charge in [-0.1, -0.05) is 0 Å². The van der Waals surface area contributed by atoms with Crippen LogP contribution in [0.2, 0.25) is 0 Å². The standard InChI is InChI=1S/C18H19FN6O4S/c1-29-14-8-22-13(7-23-14)15(26)24-10-2-3-12(19)11(6-10)18(21)9-30(27,28)17(4-5-17)16(20)25-18/h2-3,6-8H,4-5,9,21H2,1H3,(H2,20,25)(H,24,26). The van der Waals surface area contributed by atoms with Crippen molar-refractivity contribution in [3.63, 3.8) is 0 Å². The topological polar surface area (TPSA) is 163 Å². The van der Waals surface area contributed by atoms with E-state index in [2.05, 4.69) is 20.3 Å². The van der Waals surface area contributed by atoms with Crippen molar-refractivity contribution in [2.45, 2.75) is 23.3 Å². The van der Waals surface area contributed by atoms with Crippen LogP contribution in [0, 0.1) is 5.82 Å². The van der Waals surface area contributed by atoms with E-state index in [1.165, 1.54) is 31.6 Å². The number of anilines is 1. The molecule has 30 heavy (non-hydrogen) atoms. The number of hydrogen-bond acceptors (Lipinski definition) is 9. The molecular formula is C18H19FN6O4S. The number of benzene rings is 1. The molecular weight excluding hydrogens is 415 g/mol. The minimum absolute atomic E-state index is 0.00215. The van der Waals surface area contributed by atoms with Crippen LogP contribution in [0.1, 0.15) is 28.9 Å². The molecule has 1 aliphatic carbocycles. The molecule has 158 valence electrons. The molecule has 1 aromatic heterocycles. The highest BCUT2D eigenvalue weighted by atomic mass is 32.2. The second-order valence-electron chi connectivity index (χ2n) is 7.27. The van der Waals surface area contributed by atoms with Crippen LogP contribution in [0.3, 0.4) is 0 Å². The lowest BCUT2D eigenvalue weighted by molar-refractivity contribution is 0.102. The first-order chi connectivity index (χ1) is 14.1. The molecule has 1 unspecified atom stereocenters. The molecule has 1 atom stereocenters. The SMILES string of the molecule is COc1cnc(C(=O)Nc2ccc(F)c(C3(N)CS(=O)(=O)C4(CC4)C(N)=N3)c2)cn1. The molecule has 0 saturated heterocycles. The Bertz CT molecular complexity index is 1160. The number of halogens is 1. The van der Waals surface area contributed by atoms with Crippen LogP contribution < -0.4 is 21.5 Å². The van der Waals surface area contributed by atoms with Crippen LogP contribution in [-0.4, -0.2) is 47.7 Å². The predicted octanol–water partition coefficient (Wildman–Crippen LogP) is 0.306. The number of aromatic nitrogens is 2. The van der Waals surface area contributed by atoms with Crippen molar-refractivity contribution < 1.29 is 22.3 Å². The fraction of sp³-hybridized carbons (Fsp3) is 0.333. The average Bonchev–Trinajstić information content (AvgIpc) is 3.50. The summed E-state index contributed by atoms with van der Waals surface area (Å²) in [7, 11) is -2.31. The minimum Gasteiger partial charge on any atom is -0.480 e. The summed E-state index contributed by atoms with van der Waals surface area (Å²) in [6, 6.07) is 3.62. The number of sulfone groups is 1. The molecule has 2 aromatic rings. The number of amides is 1. The first-order valence-corrected chi connectivity index (χ1v) is 10.6. The Morgan fingerprint density at radius 1 is 1.27 bits per heavy atom. The number of carbonyl (C=O) groups excluding carboxylic acids is 1. The van der Waals surface area contributed by atoms with Gasteiger partial charge in [-0.25, -0.2) is 27.8 Å². The van der Waals surface area contributed by atoms with E-state index in [0.29, 0.717) is 12.8 Å². The van der Waals surface area contributed by atoms with Gasteiger partial charge < -0.3 is 21.5 Å². The van der Waals surface area contributed by atoms with Crippen LogP contribution in [0.15, 0.2) is 35.6 Å². The molecule has 4 rings (SSSR count). The van der Waals surface area contributed by atoms with E-state index in [4.69, 9.17) is 16.2 Å². The van der Waals surface area contributed by atoms with Crippen molar-refractivity contribution in [3.8, 4) is 5.88 Å². The summed E-state index contributed by atoms with van der Waals surface area (Å²) in [5.74, 6) is -1.83. The number of hydrogen-bond donors (Lipinski definition) is 3. The fourth-order valence-corrected chi connectivity index (χ4v) is 5.59. The van der Waals surface area contributed by atoms with Crippen molar-refractivity contribution in [2.24, 2.45) is 16.5 Å². The van der Waals surface area contributed by atoms with Gasteiger partial charge in [0.05, 0.1) is 25.3 Å². The van der Waals surface area contributed by atoms with E-state index < -0.39 is 37.7 Å². The number of nitrogens with two attached hydrogens (primary N) is 2. The lowest BCUT2D eigenvalue weighted by atomic mass is 10.0. The maximum Gasteiger partial charge on any atom is 0.275 e. The Hall–Kier alpha value is -3.12. The molecule has 12 heteroatoms. The minimum atomic E-state index is -3.72. The van der Waals surface area contributed by atoms with Gasteiger partial charge in [0.2, 0.25) is 5.88 Å². The summed E-state index contributed by atoms with van der Waals surface area (Å²) in [5.41, 5.74) is 10.2. The number of nitrogens with one attached hydrogen (secondary N) is 1. The molecule has 1 aliphatic heterocycles. The normalized spacial score (nSPS) is 23.5. The molecule has 1 saturated carbocycles. The Morgan fingerprint density at radius 3 is 2.57 bits per heavy atom. The zero-order valence-corrected chi connectivity index (χ0v) is 16.7. The Labute approximate surface area is 171 Å². The number of ether oxygens (including phenoxy) is 1. The molecule has 1 amide bonds. The molecule has 1 spiro atoms. The second kappa shape index (κ2) is 6.71. The molecule has 10 nitrogen and oxygen atoms in total. The number of carbonyl (C=O) groups is 1. The fourth-order valence-electron chi connectivity index (χ4n) is 3.42. The highest BCUT2D eigenvalue weighted by molar-refractivity contribution is 7.94. The highest BCUT2D eigenvalue weighted by Crippen LogP contribution is 2.49. The summed E-state index contributed by atoms with van der Waals surface area (Å²) in [6.07, 6.45) is 3.25. The zero-order valence-electron chi connectivity index (χ0n) is 15.9. The summed E-state index contributed by atoms with van der Waals surface area (Å²) < 4.78 is 43.7. The van der Waals surface area contributed by atoms with Gasteiger partial charge >= 0.3 is 0 Å². The number of rotatable bonds is 4. The smallest absolute Gasteiger partial charge is 0.275 e. The van der Waals surface area contributed by atoms with Gasteiger partial charge in [-0.05, 0) is 31.0 Å². The molecule has 2 heterocycles. The molecule has 0 bridgehead atoms. The van der Waals surface area contributed by atoms with Gasteiger partial charge in [0.15, 0.2) is 15.5 Å². The Balaban J connectivity index is 1.65. The third-order valence-corrected chi connectivity index (χ3v) is 7.89. The second-order valence-corrected chi connectivity index (χ2v) is 9.57. The highest BCUT2D eigenvalue weighted by Gasteiger charge is 2.62. The average molecular weight is 434 g/mol. The van der Waals surface area contributed by atoms with Crippen LogP contribution in [0.5, 0.6) is 5.88 Å². The summed E-state index contributed by atoms with van der Waals surface area (Å²) >= 11 is 0. The van der Waals surface area contributed by atoms with E-state index in [1.54, 1.807) is 0 Å². The zero-order chi connectivity index (χ0) is 21.7. The number of methoxy groups -OCH3 is 1. The summed E-state index contributed by atoms with van der Waals surface area (Å²) in [5, 5.41) is 2.55. The monoisotopic (exact) mass is 434 g/mol. The van der Waals surface area contributed by atoms with Crippen molar-refractivity contribution in [3.05, 3.63) is 47.7 Å². The quantitative estimate of drug-likeness (QED) is 0.619. The molecule has 2 aliphatic rings. The van der Waals surface area contributed by atoms with E-state index in [-0.39, 0.29) is 28.7 Å². The van der Waals surface area contributed by atoms with Crippen molar-refractivity contribution >= 4 is 27.3 Å². The molecule has 5 N–H and O–H groups in total. The van der Waals surface area contributed by atoms with E-state index >= 15 is 0 Å². The number of nitrogens with zero attached hydrogens (tertiary/aromatic N) is 3. The Kier molecular flexibility index (Phi) is 4.51. The maximum atomic E-state index is 14.6. The van der Waals surface area contributed by atoms with E-state index in [0.717, 1.165) is 6.07 Å². The van der Waals surface area contributed by atoms with Crippen LogP contribution in [-0.2, 0) is 15.5 Å². The summed E-state index contributed by atoms with van der Waals surface area (Å²) in [6.45, 7) is 0. The van der Waals surface area contributed by atoms with Crippen LogP contribution in [0.4, 0.5) is 10.1 Å². The van der Waals surface area contributed by atoms with E-state index in [9.17, 15) is 17.6 Å². The van der Waals surface area contributed by atoms with Gasteiger partial charge in [-0.2, -0.15) is 0 Å². The van der Waals surface area contributed by atoms with Gasteiger partial charge in [-0.3, -0.25) is 4.79 Å². The van der Waals surface area contributed by atoms with E-state index in [1.807, 2.05) is 0 Å². The van der Waals surface area contributed by atoms with Gasteiger partial charge in [0.25, 0.3) is 5.91 Å². The van der Waals surface area contributed by atoms with Crippen LogP contribution in [0.25, 0.3) is 0 Å². The maximum absolute atomic E-state index is 14.6. The lowest BCUT2D eigenvalue weighted by Gasteiger charge is -2.34. The molecule has 0 radical (unpaired) electrons. The Morgan fingerprint density at radius 2 is 2.00 bits per heavy atom. The van der Waals surface area contributed by atoms with Crippen molar-refractivity contribution in [2.75, 3.05) is 18.2 Å². The third kappa shape index (κ3) is 3.17. The van der Waals surface area contributed by atoms with Crippen molar-refractivity contribution in [1.82, 2.24) is 9.97 Å². The third-order valence-electron chi connectivity index (χ3n) is 5.26. The van der Waals surface area contributed by atoms with Gasteiger partial charge in [0, 0.05) is 11.3 Å². The van der Waals surface area contributed by atoms with Gasteiger partial charge in [-0.15, -0.1) is 0 Å². The van der Waals surface area contributed by atoms with Crippen LogP contribution >= 0.6 is 0 Å². The number of aliphatic imine (C=N–C) groups is 1. The van der Waals surface area contributed by atoms with Gasteiger partial charge in [0.1, 0.15) is 22.1 Å². The molecule has 1 aromatic carbocycles. The first kappa shape index (κ1) is 20.2. The largest absolute Gasteiger partial charge is 0.480 e. The predicted molar refractivity (Wildman–Crippen MR) is 106 cm³/mol. The summed E-state index contributed by atoms with van der Waals surface area (Å²) in [4.78, 5) is 24.4. The van der Waals surface area contributed by atoms with Crippen molar-refractivity contribution in [1.29, 1.82) is 0 Å².